The first-order valence-corrected chi connectivity index (χ1v) is 10.6. The molecule has 30 heavy (non-hydrogen) atoms. The van der Waals surface area contributed by atoms with E-state index in [-0.39, 0.29) is 11.9 Å². The summed E-state index contributed by atoms with van der Waals surface area (Å²) >= 11 is 6.05. The first-order valence-electron chi connectivity index (χ1n) is 10.3. The van der Waals surface area contributed by atoms with Crippen LogP contribution in [-0.4, -0.2) is 44.9 Å². The summed E-state index contributed by atoms with van der Waals surface area (Å²) in [5.74, 6) is -0.168. The average molecular weight is 424 g/mol. The fraction of sp³-hybridized carbons (Fsp3) is 0.348. The number of aromatic nitrogens is 3. The molecule has 0 radical (unpaired) electrons. The van der Waals surface area contributed by atoms with Crippen LogP contribution in [0, 0.1) is 13.8 Å². The van der Waals surface area contributed by atoms with E-state index in [9.17, 15) is 4.79 Å². The molecule has 2 heterocycles. The van der Waals surface area contributed by atoms with E-state index in [0.717, 1.165) is 38.2 Å². The number of carbonyl (C=O) groups excluding carboxylic acids is 1. The maximum atomic E-state index is 12.8. The van der Waals surface area contributed by atoms with E-state index in [2.05, 4.69) is 51.6 Å². The fourth-order valence-electron chi connectivity index (χ4n) is 3.82. The van der Waals surface area contributed by atoms with E-state index in [1.807, 2.05) is 12.1 Å². The minimum Gasteiger partial charge on any atom is -0.348 e. The lowest BCUT2D eigenvalue weighted by atomic mass is 10.0. The summed E-state index contributed by atoms with van der Waals surface area (Å²) in [5.41, 5.74) is 4.38. The molecule has 156 valence electrons. The molecular weight excluding hydrogens is 398 g/mol. The Bertz CT molecular complexity index is 1040. The molecule has 0 aliphatic carbocycles. The van der Waals surface area contributed by atoms with Gasteiger partial charge < -0.3 is 5.32 Å². The number of nitrogens with zero attached hydrogens (tertiary/aromatic N) is 4. The first-order chi connectivity index (χ1) is 14.5. The van der Waals surface area contributed by atoms with Gasteiger partial charge in [0, 0.05) is 30.7 Å². The largest absolute Gasteiger partial charge is 0.348 e. The standard InChI is InChI=1S/C23H26ClN5O/c1-16-6-3-4-7-18(16)15-28-12-10-20(11-13-28)25-23(30)22-17(2)26-29(27-22)21-9-5-8-19(24)14-21/h3-9,14,20H,10-13,15H2,1-2H3,(H,25,30). The number of likely N-dealkylation sites (tertiary alicyclic amines) is 1. The number of halogens is 1. The van der Waals surface area contributed by atoms with Gasteiger partial charge in [0.1, 0.15) is 0 Å². The fourth-order valence-corrected chi connectivity index (χ4v) is 4.01. The van der Waals surface area contributed by atoms with Gasteiger partial charge in [0.05, 0.1) is 11.4 Å². The van der Waals surface area contributed by atoms with Crippen LogP contribution >= 0.6 is 11.6 Å². The summed E-state index contributed by atoms with van der Waals surface area (Å²) in [7, 11) is 0. The van der Waals surface area contributed by atoms with Gasteiger partial charge in [-0.1, -0.05) is 41.9 Å². The van der Waals surface area contributed by atoms with E-state index < -0.39 is 0 Å². The summed E-state index contributed by atoms with van der Waals surface area (Å²) < 4.78 is 0. The zero-order valence-corrected chi connectivity index (χ0v) is 18.1. The van der Waals surface area contributed by atoms with Gasteiger partial charge in [0.15, 0.2) is 5.69 Å². The summed E-state index contributed by atoms with van der Waals surface area (Å²) in [6.07, 6.45) is 1.86. The van der Waals surface area contributed by atoms with Crippen molar-refractivity contribution in [2.45, 2.75) is 39.3 Å². The minimum atomic E-state index is -0.168. The number of nitrogens with one attached hydrogen (secondary N) is 1. The molecule has 1 aliphatic rings. The molecule has 3 aromatic rings. The normalized spacial score (nSPS) is 15.3. The lowest BCUT2D eigenvalue weighted by Gasteiger charge is -2.32. The number of benzene rings is 2. The van der Waals surface area contributed by atoms with Crippen molar-refractivity contribution in [3.05, 3.63) is 76.1 Å². The number of carbonyl (C=O) groups is 1. The maximum absolute atomic E-state index is 12.8. The van der Waals surface area contributed by atoms with Crippen molar-refractivity contribution in [1.29, 1.82) is 0 Å². The van der Waals surface area contributed by atoms with Crippen molar-refractivity contribution in [1.82, 2.24) is 25.2 Å². The third-order valence-corrected chi connectivity index (χ3v) is 5.85. The average Bonchev–Trinajstić information content (AvgIpc) is 3.13. The SMILES string of the molecule is Cc1ccccc1CN1CCC(NC(=O)c2nn(-c3cccc(Cl)c3)nc2C)CC1. The second kappa shape index (κ2) is 8.98. The van der Waals surface area contributed by atoms with Crippen LogP contribution in [0.2, 0.25) is 5.02 Å². The van der Waals surface area contributed by atoms with Crippen molar-refractivity contribution in [2.24, 2.45) is 0 Å². The topological polar surface area (TPSA) is 63.1 Å². The summed E-state index contributed by atoms with van der Waals surface area (Å²) in [6.45, 7) is 6.84. The molecule has 0 unspecified atom stereocenters. The van der Waals surface area contributed by atoms with Crippen molar-refractivity contribution in [3.63, 3.8) is 0 Å². The number of piperidine rings is 1. The maximum Gasteiger partial charge on any atom is 0.273 e. The van der Waals surface area contributed by atoms with E-state index in [1.165, 1.54) is 15.9 Å². The molecule has 0 spiro atoms. The molecule has 0 saturated carbocycles. The van der Waals surface area contributed by atoms with E-state index in [0.29, 0.717) is 16.4 Å². The van der Waals surface area contributed by atoms with Crippen LogP contribution in [0.25, 0.3) is 5.69 Å². The van der Waals surface area contributed by atoms with Gasteiger partial charge in [-0.25, -0.2) is 0 Å². The number of amides is 1. The van der Waals surface area contributed by atoms with E-state index >= 15 is 0 Å². The highest BCUT2D eigenvalue weighted by molar-refractivity contribution is 6.30. The van der Waals surface area contributed by atoms with Crippen LogP contribution in [-0.2, 0) is 6.54 Å². The van der Waals surface area contributed by atoms with Crippen molar-refractivity contribution in [3.8, 4) is 5.69 Å². The van der Waals surface area contributed by atoms with Gasteiger partial charge in [-0.2, -0.15) is 9.90 Å². The Labute approximate surface area is 181 Å². The summed E-state index contributed by atoms with van der Waals surface area (Å²) in [5, 5.41) is 12.5. The quantitative estimate of drug-likeness (QED) is 0.675. The second-order valence-electron chi connectivity index (χ2n) is 7.85. The Balaban J connectivity index is 1.35. The van der Waals surface area contributed by atoms with Crippen LogP contribution in [0.15, 0.2) is 48.5 Å². The monoisotopic (exact) mass is 423 g/mol. The highest BCUT2D eigenvalue weighted by atomic mass is 35.5. The number of rotatable bonds is 5. The van der Waals surface area contributed by atoms with Gasteiger partial charge in [-0.15, -0.1) is 5.10 Å². The second-order valence-corrected chi connectivity index (χ2v) is 8.29. The van der Waals surface area contributed by atoms with E-state index in [1.54, 1.807) is 19.1 Å². The molecule has 0 bridgehead atoms. The molecule has 0 atom stereocenters. The van der Waals surface area contributed by atoms with Gasteiger partial charge >= 0.3 is 0 Å². The molecule has 1 N–H and O–H groups in total. The lowest BCUT2D eigenvalue weighted by molar-refractivity contribution is 0.0903. The van der Waals surface area contributed by atoms with E-state index in [4.69, 9.17) is 11.6 Å². The molecule has 2 aromatic carbocycles. The molecule has 1 fully saturated rings. The Hall–Kier alpha value is -2.70. The molecule has 1 saturated heterocycles. The first kappa shape index (κ1) is 20.6. The third-order valence-electron chi connectivity index (χ3n) is 5.61. The van der Waals surface area contributed by atoms with Gasteiger partial charge in [-0.3, -0.25) is 9.69 Å². The zero-order chi connectivity index (χ0) is 21.1. The smallest absolute Gasteiger partial charge is 0.273 e. The summed E-state index contributed by atoms with van der Waals surface area (Å²) in [6, 6.07) is 15.9. The van der Waals surface area contributed by atoms with Crippen molar-refractivity contribution < 1.29 is 4.79 Å². The Morgan fingerprint density at radius 3 is 2.60 bits per heavy atom. The predicted molar refractivity (Wildman–Crippen MR) is 118 cm³/mol. The molecule has 1 aliphatic heterocycles. The molecule has 4 rings (SSSR count). The highest BCUT2D eigenvalue weighted by Crippen LogP contribution is 2.18. The summed E-state index contributed by atoms with van der Waals surface area (Å²) in [4.78, 5) is 16.7. The molecule has 7 heteroatoms. The third kappa shape index (κ3) is 4.71. The van der Waals surface area contributed by atoms with Crippen LogP contribution in [0.5, 0.6) is 0 Å². The highest BCUT2D eigenvalue weighted by Gasteiger charge is 2.24. The number of hydrogen-bond donors (Lipinski definition) is 1. The molecule has 1 aromatic heterocycles. The van der Waals surface area contributed by atoms with Gasteiger partial charge in [0.2, 0.25) is 0 Å². The van der Waals surface area contributed by atoms with Crippen molar-refractivity contribution in [2.75, 3.05) is 13.1 Å². The Morgan fingerprint density at radius 2 is 1.87 bits per heavy atom. The van der Waals surface area contributed by atoms with Gasteiger partial charge in [-0.05, 0) is 56.0 Å². The van der Waals surface area contributed by atoms with Gasteiger partial charge in [0.25, 0.3) is 5.91 Å². The Morgan fingerprint density at radius 1 is 1.10 bits per heavy atom. The van der Waals surface area contributed by atoms with Crippen LogP contribution in [0.4, 0.5) is 0 Å². The number of hydrogen-bond acceptors (Lipinski definition) is 4. The molecular formula is C23H26ClN5O. The molecule has 6 nitrogen and oxygen atoms in total. The van der Waals surface area contributed by atoms with Crippen LogP contribution < -0.4 is 5.32 Å². The van der Waals surface area contributed by atoms with Crippen LogP contribution in [0.1, 0.15) is 40.2 Å². The predicted octanol–water partition coefficient (Wildman–Crippen LogP) is 3.93. The molecule has 1 amide bonds. The number of aryl methyl sites for hydroxylation is 2. The van der Waals surface area contributed by atoms with Crippen LogP contribution in [0.3, 0.4) is 0 Å². The Kier molecular flexibility index (Phi) is 6.16. The zero-order valence-electron chi connectivity index (χ0n) is 17.3. The van der Waals surface area contributed by atoms with Crippen molar-refractivity contribution >= 4 is 17.5 Å². The minimum absolute atomic E-state index is 0.154. The lowest BCUT2D eigenvalue weighted by Crippen LogP contribution is -2.44.